The third kappa shape index (κ3) is 3.77. The molecule has 1 amide bonds. The first-order chi connectivity index (χ1) is 12.0. The van der Waals surface area contributed by atoms with Gasteiger partial charge in [-0.2, -0.15) is 0 Å². The first-order valence-electron chi connectivity index (χ1n) is 7.46. The number of carbonyl (C=O) groups excluding carboxylic acids is 1. The van der Waals surface area contributed by atoms with E-state index in [-0.39, 0.29) is 4.32 Å². The summed E-state index contributed by atoms with van der Waals surface area (Å²) in [7, 11) is 0. The Bertz CT molecular complexity index is 874. The monoisotopic (exact) mass is 374 g/mol. The molecular weight excluding hydrogens is 360 g/mol. The van der Waals surface area contributed by atoms with Gasteiger partial charge in [0.15, 0.2) is 0 Å². The highest BCUT2D eigenvalue weighted by Gasteiger charge is 2.33. The fourth-order valence-corrected chi connectivity index (χ4v) is 3.50. The van der Waals surface area contributed by atoms with Gasteiger partial charge >= 0.3 is 5.97 Å². The van der Waals surface area contributed by atoms with Crippen LogP contribution in [0.15, 0.2) is 35.4 Å². The second-order valence-electron chi connectivity index (χ2n) is 5.27. The van der Waals surface area contributed by atoms with Crippen molar-refractivity contribution in [2.45, 2.75) is 13.3 Å². The third-order valence-electron chi connectivity index (χ3n) is 3.57. The largest absolute Gasteiger partial charge is 0.480 e. The molecule has 128 valence electrons. The lowest BCUT2D eigenvalue weighted by Gasteiger charge is -2.09. The maximum absolute atomic E-state index is 12.2. The topological polar surface area (TPSA) is 88.3 Å². The minimum atomic E-state index is -1.11. The van der Waals surface area contributed by atoms with Crippen molar-refractivity contribution in [1.29, 1.82) is 0 Å². The van der Waals surface area contributed by atoms with E-state index in [0.717, 1.165) is 28.8 Å². The smallest absolute Gasteiger partial charge is 0.323 e. The summed E-state index contributed by atoms with van der Waals surface area (Å²) in [6.07, 6.45) is 4.22. The Kier molecular flexibility index (Phi) is 4.95. The number of rotatable bonds is 5. The summed E-state index contributed by atoms with van der Waals surface area (Å²) in [4.78, 5) is 24.4. The SMILES string of the molecule is CCc1ccc(-n2cc(/C=C3\SC(=S)N(CC(=O)O)C3=O)nn2)cc1. The number of carboxylic acid groups (broad SMARTS) is 1. The van der Waals surface area contributed by atoms with Gasteiger partial charge in [-0.15, -0.1) is 5.10 Å². The highest BCUT2D eigenvalue weighted by atomic mass is 32.2. The van der Waals surface area contributed by atoms with Crippen LogP contribution in [0.1, 0.15) is 18.2 Å². The molecule has 7 nitrogen and oxygen atoms in total. The van der Waals surface area contributed by atoms with E-state index in [9.17, 15) is 9.59 Å². The van der Waals surface area contributed by atoms with Crippen molar-refractivity contribution in [3.8, 4) is 5.69 Å². The molecule has 2 heterocycles. The molecule has 0 atom stereocenters. The normalized spacial score (nSPS) is 16.0. The summed E-state index contributed by atoms with van der Waals surface area (Å²) in [5, 5.41) is 16.9. The number of hydrogen-bond donors (Lipinski definition) is 1. The molecule has 1 N–H and O–H groups in total. The molecule has 1 fully saturated rings. The maximum atomic E-state index is 12.2. The van der Waals surface area contributed by atoms with E-state index in [1.165, 1.54) is 5.56 Å². The van der Waals surface area contributed by atoms with Crippen molar-refractivity contribution in [3.63, 3.8) is 0 Å². The molecule has 0 radical (unpaired) electrons. The third-order valence-corrected chi connectivity index (χ3v) is 4.94. The Morgan fingerprint density at radius 2 is 2.08 bits per heavy atom. The van der Waals surface area contributed by atoms with Crippen molar-refractivity contribution in [1.82, 2.24) is 19.9 Å². The molecule has 1 saturated heterocycles. The average molecular weight is 374 g/mol. The van der Waals surface area contributed by atoms with Crippen molar-refractivity contribution >= 4 is 46.3 Å². The molecule has 0 bridgehead atoms. The van der Waals surface area contributed by atoms with Crippen LogP contribution in [-0.4, -0.2) is 47.7 Å². The first kappa shape index (κ1) is 17.3. The maximum Gasteiger partial charge on any atom is 0.323 e. The van der Waals surface area contributed by atoms with Crippen molar-refractivity contribution < 1.29 is 14.7 Å². The van der Waals surface area contributed by atoms with Gasteiger partial charge in [0.1, 0.15) is 16.6 Å². The van der Waals surface area contributed by atoms with Crippen LogP contribution in [0, 0.1) is 0 Å². The highest BCUT2D eigenvalue weighted by Crippen LogP contribution is 2.32. The van der Waals surface area contributed by atoms with Gasteiger partial charge in [-0.05, 0) is 30.2 Å². The molecule has 25 heavy (non-hydrogen) atoms. The Hall–Kier alpha value is -2.52. The number of thioether (sulfide) groups is 1. The zero-order valence-electron chi connectivity index (χ0n) is 13.2. The van der Waals surface area contributed by atoms with Crippen molar-refractivity contribution in [2.75, 3.05) is 6.54 Å². The molecule has 9 heteroatoms. The number of hydrogen-bond acceptors (Lipinski definition) is 6. The van der Waals surface area contributed by atoms with Gasteiger partial charge in [0.25, 0.3) is 5.91 Å². The molecular formula is C16H14N4O3S2. The predicted octanol–water partition coefficient (Wildman–Crippen LogP) is 2.12. The molecule has 1 aromatic carbocycles. The summed E-state index contributed by atoms with van der Waals surface area (Å²) in [6, 6.07) is 7.94. The van der Waals surface area contributed by atoms with E-state index in [1.54, 1.807) is 17.0 Å². The molecule has 1 aliphatic heterocycles. The number of aromatic nitrogens is 3. The number of nitrogens with zero attached hydrogens (tertiary/aromatic N) is 4. The van der Waals surface area contributed by atoms with Crippen molar-refractivity contribution in [3.05, 3.63) is 46.6 Å². The van der Waals surface area contributed by atoms with E-state index in [4.69, 9.17) is 17.3 Å². The molecule has 0 aliphatic carbocycles. The van der Waals surface area contributed by atoms with Crippen LogP contribution in [0.4, 0.5) is 0 Å². The standard InChI is InChI=1S/C16H14N4O3S2/c1-2-10-3-5-12(6-4-10)20-8-11(17-18-20)7-13-15(23)19(9-14(21)22)16(24)25-13/h3-8H,2,9H2,1H3,(H,21,22)/b13-7-. The Morgan fingerprint density at radius 1 is 1.36 bits per heavy atom. The van der Waals surface area contributed by atoms with Crippen LogP contribution in [0.5, 0.6) is 0 Å². The predicted molar refractivity (Wildman–Crippen MR) is 98.3 cm³/mol. The number of carboxylic acids is 1. The Morgan fingerprint density at radius 3 is 2.72 bits per heavy atom. The molecule has 1 aromatic heterocycles. The Balaban J connectivity index is 1.80. The summed E-state index contributed by atoms with van der Waals surface area (Å²) in [5.74, 6) is -1.54. The van der Waals surface area contributed by atoms with Gasteiger partial charge in [-0.25, -0.2) is 4.68 Å². The number of aliphatic carboxylic acids is 1. The van der Waals surface area contributed by atoms with E-state index in [1.807, 2.05) is 24.3 Å². The molecule has 0 unspecified atom stereocenters. The van der Waals surface area contributed by atoms with Crippen LogP contribution in [0.3, 0.4) is 0 Å². The van der Waals surface area contributed by atoms with Crippen LogP contribution in [-0.2, 0) is 16.0 Å². The fourth-order valence-electron chi connectivity index (χ4n) is 2.26. The van der Waals surface area contributed by atoms with Gasteiger partial charge in [0, 0.05) is 0 Å². The lowest BCUT2D eigenvalue weighted by Crippen LogP contribution is -2.33. The van der Waals surface area contributed by atoms with Crippen LogP contribution in [0.25, 0.3) is 11.8 Å². The van der Waals surface area contributed by atoms with E-state index in [0.29, 0.717) is 10.6 Å². The summed E-state index contributed by atoms with van der Waals surface area (Å²) in [6.45, 7) is 1.64. The molecule has 2 aromatic rings. The van der Waals surface area contributed by atoms with Crippen LogP contribution >= 0.6 is 24.0 Å². The van der Waals surface area contributed by atoms with Gasteiger partial charge < -0.3 is 5.11 Å². The summed E-state index contributed by atoms with van der Waals surface area (Å²) >= 11 is 6.11. The first-order valence-corrected chi connectivity index (χ1v) is 8.69. The minimum absolute atomic E-state index is 0.223. The lowest BCUT2D eigenvalue weighted by atomic mass is 10.1. The number of aryl methyl sites for hydroxylation is 1. The van der Waals surface area contributed by atoms with Crippen LogP contribution < -0.4 is 0 Å². The second kappa shape index (κ2) is 7.16. The van der Waals surface area contributed by atoms with E-state index >= 15 is 0 Å². The highest BCUT2D eigenvalue weighted by molar-refractivity contribution is 8.26. The molecule has 1 aliphatic rings. The Labute approximate surface area is 153 Å². The van der Waals surface area contributed by atoms with Gasteiger partial charge in [-0.3, -0.25) is 14.5 Å². The summed E-state index contributed by atoms with van der Waals surface area (Å²) in [5.41, 5.74) is 2.59. The van der Waals surface area contributed by atoms with Crippen LogP contribution in [0.2, 0.25) is 0 Å². The number of amides is 1. The quantitative estimate of drug-likeness (QED) is 0.633. The average Bonchev–Trinajstić information content (AvgIpc) is 3.15. The zero-order valence-corrected chi connectivity index (χ0v) is 14.9. The van der Waals surface area contributed by atoms with E-state index < -0.39 is 18.4 Å². The number of carbonyl (C=O) groups is 2. The van der Waals surface area contributed by atoms with Gasteiger partial charge in [0.2, 0.25) is 0 Å². The number of thiocarbonyl (C=S) groups is 1. The molecule has 0 spiro atoms. The second-order valence-corrected chi connectivity index (χ2v) is 6.95. The molecule has 0 saturated carbocycles. The lowest BCUT2D eigenvalue weighted by molar-refractivity contribution is -0.140. The van der Waals surface area contributed by atoms with Crippen molar-refractivity contribution in [2.24, 2.45) is 0 Å². The molecule has 3 rings (SSSR count). The fraction of sp³-hybridized carbons (Fsp3) is 0.188. The zero-order chi connectivity index (χ0) is 18.0. The van der Waals surface area contributed by atoms with Gasteiger partial charge in [0.05, 0.1) is 16.8 Å². The van der Waals surface area contributed by atoms with Gasteiger partial charge in [-0.1, -0.05) is 48.2 Å². The minimum Gasteiger partial charge on any atom is -0.480 e. The summed E-state index contributed by atoms with van der Waals surface area (Å²) < 4.78 is 1.84. The number of benzene rings is 1. The van der Waals surface area contributed by atoms with E-state index in [2.05, 4.69) is 17.2 Å².